The van der Waals surface area contributed by atoms with Gasteiger partial charge in [-0.15, -0.1) is 0 Å². The van der Waals surface area contributed by atoms with Gasteiger partial charge in [0.05, 0.1) is 0 Å². The highest BCUT2D eigenvalue weighted by Crippen LogP contribution is 2.47. The Kier molecular flexibility index (Phi) is 7.52. The van der Waals surface area contributed by atoms with E-state index in [1.165, 1.54) is 43.8 Å². The lowest BCUT2D eigenvalue weighted by molar-refractivity contribution is 0.762. The first kappa shape index (κ1) is 29.2. The van der Waals surface area contributed by atoms with Gasteiger partial charge in [-0.05, 0) is 56.8 Å². The Morgan fingerprint density at radius 1 is 0.469 bits per heavy atom. The molecule has 5 heteroatoms. The lowest BCUT2D eigenvalue weighted by Crippen LogP contribution is -2.36. The number of nitrogens with one attached hydrogen (secondary N) is 2. The minimum atomic E-state index is -0.414. The van der Waals surface area contributed by atoms with Crippen LogP contribution in [0.4, 0.5) is 5.69 Å². The molecule has 0 amide bonds. The Morgan fingerprint density at radius 2 is 1.06 bits per heavy atom. The number of para-hydroxylation sites is 1. The topological polar surface area (TPSA) is 48.8 Å². The van der Waals surface area contributed by atoms with Crippen molar-refractivity contribution in [2.75, 3.05) is 5.32 Å². The second-order valence-electron chi connectivity index (χ2n) is 12.3. The minimum Gasteiger partial charge on any atom is -0.368 e. The molecule has 0 aromatic heterocycles. The zero-order valence-electron chi connectivity index (χ0n) is 26.6. The van der Waals surface area contributed by atoms with Gasteiger partial charge in [0.25, 0.3) is 0 Å². The fourth-order valence-electron chi connectivity index (χ4n) is 6.75. The summed E-state index contributed by atoms with van der Waals surface area (Å²) in [5, 5.41) is 9.77. The van der Waals surface area contributed by atoms with Crippen molar-refractivity contribution in [3.63, 3.8) is 0 Å². The third-order valence-electron chi connectivity index (χ3n) is 9.21. The zero-order valence-corrected chi connectivity index (χ0v) is 27.4. The Balaban J connectivity index is 1.10. The minimum absolute atomic E-state index is 0.179. The van der Waals surface area contributed by atoms with Crippen LogP contribution in [-0.4, -0.2) is 11.7 Å². The maximum atomic E-state index is 5.25. The van der Waals surface area contributed by atoms with Crippen molar-refractivity contribution in [2.45, 2.75) is 16.4 Å². The fourth-order valence-corrected chi connectivity index (χ4v) is 7.88. The van der Waals surface area contributed by atoms with E-state index >= 15 is 0 Å². The van der Waals surface area contributed by atoms with Gasteiger partial charge in [-0.1, -0.05) is 163 Å². The number of thioether (sulfide) groups is 1. The Bertz CT molecular complexity index is 2340. The highest BCUT2D eigenvalue weighted by Gasteiger charge is 2.24. The number of fused-ring (bicyclic) bond motifs is 2. The average Bonchev–Trinajstić information content (AvgIpc) is 3.63. The van der Waals surface area contributed by atoms with Gasteiger partial charge < -0.3 is 10.6 Å². The molecule has 7 aromatic carbocycles. The molecule has 234 valence electrons. The van der Waals surface area contributed by atoms with Crippen LogP contribution in [-0.2, 0) is 0 Å². The predicted molar refractivity (Wildman–Crippen MR) is 205 cm³/mol. The lowest BCUT2D eigenvalue weighted by atomic mass is 9.94. The van der Waals surface area contributed by atoms with Gasteiger partial charge in [0, 0.05) is 27.3 Å². The second-order valence-corrected chi connectivity index (χ2v) is 13.4. The smallest absolute Gasteiger partial charge is 0.170 e. The summed E-state index contributed by atoms with van der Waals surface area (Å²) in [7, 11) is 0. The monoisotopic (exact) mass is 648 g/mol. The van der Waals surface area contributed by atoms with E-state index in [0.29, 0.717) is 0 Å². The molecule has 4 nitrogen and oxygen atoms in total. The van der Waals surface area contributed by atoms with Crippen LogP contribution in [0.2, 0.25) is 0 Å². The van der Waals surface area contributed by atoms with E-state index < -0.39 is 6.17 Å². The van der Waals surface area contributed by atoms with E-state index in [1.807, 2.05) is 36.0 Å². The number of hydrogen-bond acceptors (Lipinski definition) is 5. The molecular weight excluding hydrogens is 617 g/mol. The SMILES string of the molecule is c1ccc(C2=NC(c3cccc4c(-c5cccc(C6Nc7ccccc7S6)c5)cccc34)N=C(c3ccc(-c4ccccc4)cc3)N2)cc1. The van der Waals surface area contributed by atoms with Gasteiger partial charge in [0.1, 0.15) is 17.0 Å². The normalized spacial score (nSPS) is 16.7. The number of anilines is 1. The van der Waals surface area contributed by atoms with Crippen LogP contribution in [0.15, 0.2) is 185 Å². The maximum Gasteiger partial charge on any atom is 0.170 e. The number of hydrogen-bond donors (Lipinski definition) is 2. The van der Waals surface area contributed by atoms with Crippen molar-refractivity contribution >= 4 is 39.9 Å². The molecule has 2 atom stereocenters. The molecule has 2 aliphatic rings. The molecule has 0 radical (unpaired) electrons. The van der Waals surface area contributed by atoms with Crippen molar-refractivity contribution in [1.29, 1.82) is 0 Å². The number of benzene rings is 7. The molecule has 7 aromatic rings. The summed E-state index contributed by atoms with van der Waals surface area (Å²) in [4.78, 5) is 11.7. The van der Waals surface area contributed by atoms with Gasteiger partial charge in [0.2, 0.25) is 0 Å². The van der Waals surface area contributed by atoms with E-state index in [9.17, 15) is 0 Å². The van der Waals surface area contributed by atoms with Gasteiger partial charge in [-0.25, -0.2) is 9.98 Å². The van der Waals surface area contributed by atoms with Crippen LogP contribution >= 0.6 is 11.8 Å². The van der Waals surface area contributed by atoms with Gasteiger partial charge in [-0.3, -0.25) is 0 Å². The Labute approximate surface area is 290 Å². The largest absolute Gasteiger partial charge is 0.368 e. The summed E-state index contributed by atoms with van der Waals surface area (Å²) in [6.07, 6.45) is -0.414. The van der Waals surface area contributed by atoms with Crippen LogP contribution in [0, 0.1) is 0 Å². The molecule has 2 heterocycles. The first-order valence-corrected chi connectivity index (χ1v) is 17.4. The summed E-state index contributed by atoms with van der Waals surface area (Å²) >= 11 is 1.87. The molecule has 0 saturated carbocycles. The molecule has 0 aliphatic carbocycles. The number of nitrogens with zero attached hydrogens (tertiary/aromatic N) is 2. The molecule has 2 unspecified atom stereocenters. The van der Waals surface area contributed by atoms with Crippen LogP contribution in [0.5, 0.6) is 0 Å². The molecule has 49 heavy (non-hydrogen) atoms. The summed E-state index contributed by atoms with van der Waals surface area (Å²) in [6, 6.07) is 59.9. The maximum absolute atomic E-state index is 5.25. The Morgan fingerprint density at radius 3 is 1.84 bits per heavy atom. The quantitative estimate of drug-likeness (QED) is 0.189. The van der Waals surface area contributed by atoms with Crippen LogP contribution < -0.4 is 10.6 Å². The summed E-state index contributed by atoms with van der Waals surface area (Å²) in [5.74, 6) is 1.62. The van der Waals surface area contributed by atoms with Crippen LogP contribution in [0.25, 0.3) is 33.0 Å². The molecular formula is C44H32N4S. The third kappa shape index (κ3) is 5.68. The second kappa shape index (κ2) is 12.6. The van der Waals surface area contributed by atoms with E-state index in [-0.39, 0.29) is 5.37 Å². The van der Waals surface area contributed by atoms with Crippen LogP contribution in [0.1, 0.15) is 33.8 Å². The summed E-state index contributed by atoms with van der Waals surface area (Å²) < 4.78 is 0. The molecule has 0 spiro atoms. The molecule has 2 aliphatic heterocycles. The predicted octanol–water partition coefficient (Wildman–Crippen LogP) is 10.9. The standard InChI is InChI=1S/C44H32N4S/c1-3-12-29(13-4-1)30-24-26-32(27-25-30)42-46-41(31-14-5-2-6-15-31)47-43(48-42)38-21-11-19-36-35(18-10-20-37(36)38)33-16-9-17-34(28-33)44-45-39-22-7-8-23-40(39)49-44/h1-28,43-45H,(H,46,47,48). The zero-order chi connectivity index (χ0) is 32.6. The number of amidine groups is 2. The molecule has 0 fully saturated rings. The first-order valence-electron chi connectivity index (χ1n) is 16.5. The first-order chi connectivity index (χ1) is 24.3. The fraction of sp³-hybridized carbons (Fsp3) is 0.0455. The lowest BCUT2D eigenvalue weighted by Gasteiger charge is -2.23. The van der Waals surface area contributed by atoms with Crippen molar-refractivity contribution in [2.24, 2.45) is 9.98 Å². The third-order valence-corrected chi connectivity index (χ3v) is 10.4. The van der Waals surface area contributed by atoms with Crippen molar-refractivity contribution in [3.8, 4) is 22.3 Å². The molecule has 0 saturated heterocycles. The number of rotatable bonds is 6. The number of aliphatic imine (C=N–C) groups is 2. The molecule has 0 bridgehead atoms. The van der Waals surface area contributed by atoms with E-state index in [2.05, 4.69) is 156 Å². The van der Waals surface area contributed by atoms with E-state index in [4.69, 9.17) is 9.98 Å². The van der Waals surface area contributed by atoms with E-state index in [1.54, 1.807) is 0 Å². The highest BCUT2D eigenvalue weighted by atomic mass is 32.2. The highest BCUT2D eigenvalue weighted by molar-refractivity contribution is 8.00. The average molecular weight is 649 g/mol. The van der Waals surface area contributed by atoms with Crippen molar-refractivity contribution in [1.82, 2.24) is 5.32 Å². The molecule has 2 N–H and O–H groups in total. The van der Waals surface area contributed by atoms with Gasteiger partial charge in [-0.2, -0.15) is 0 Å². The van der Waals surface area contributed by atoms with Gasteiger partial charge >= 0.3 is 0 Å². The van der Waals surface area contributed by atoms with E-state index in [0.717, 1.165) is 33.7 Å². The van der Waals surface area contributed by atoms with Crippen molar-refractivity contribution in [3.05, 3.63) is 192 Å². The summed E-state index contributed by atoms with van der Waals surface area (Å²) in [6.45, 7) is 0. The summed E-state index contributed by atoms with van der Waals surface area (Å²) in [5.41, 5.74) is 10.3. The molecule has 9 rings (SSSR count). The van der Waals surface area contributed by atoms with Crippen molar-refractivity contribution < 1.29 is 0 Å². The van der Waals surface area contributed by atoms with Crippen LogP contribution in [0.3, 0.4) is 0 Å². The Hall–Kier alpha value is -5.91. The van der Waals surface area contributed by atoms with Gasteiger partial charge in [0.15, 0.2) is 6.17 Å².